The molecule has 5 nitrogen and oxygen atoms in total. The molecule has 1 atom stereocenters. The second-order valence-electron chi connectivity index (χ2n) is 4.97. The number of hydrogen-bond acceptors (Lipinski definition) is 4. The molecule has 0 spiro atoms. The Bertz CT molecular complexity index is 779. The van der Waals surface area contributed by atoms with Gasteiger partial charge in [-0.3, -0.25) is 4.79 Å². The molecule has 0 amide bonds. The lowest BCUT2D eigenvalue weighted by Crippen LogP contribution is -2.42. The minimum Gasteiger partial charge on any atom is -0.480 e. The van der Waals surface area contributed by atoms with Gasteiger partial charge in [-0.05, 0) is 29.8 Å². The van der Waals surface area contributed by atoms with Gasteiger partial charge in [0.25, 0.3) is 0 Å². The molecule has 8 heteroatoms. The Morgan fingerprint density at radius 1 is 1.12 bits per heavy atom. The van der Waals surface area contributed by atoms with E-state index in [9.17, 15) is 22.7 Å². The van der Waals surface area contributed by atoms with Crippen molar-refractivity contribution in [3.05, 3.63) is 66.0 Å². The first-order valence-electron chi connectivity index (χ1n) is 7.01. The summed E-state index contributed by atoms with van der Waals surface area (Å²) < 4.78 is 39.4. The van der Waals surface area contributed by atoms with Crippen molar-refractivity contribution in [1.82, 2.24) is 4.72 Å². The quantitative estimate of drug-likeness (QED) is 0.747. The van der Waals surface area contributed by atoms with Crippen molar-refractivity contribution >= 4 is 27.8 Å². The largest absolute Gasteiger partial charge is 0.480 e. The lowest BCUT2D eigenvalue weighted by molar-refractivity contribution is -0.138. The van der Waals surface area contributed by atoms with Gasteiger partial charge in [0.15, 0.2) is 0 Å². The third-order valence-corrected chi connectivity index (χ3v) is 5.71. The zero-order valence-electron chi connectivity index (χ0n) is 12.6. The topological polar surface area (TPSA) is 83.5 Å². The molecule has 0 saturated heterocycles. The molecule has 2 N–H and O–H groups in total. The Balaban J connectivity index is 2.00. The molecule has 2 aromatic carbocycles. The average molecular weight is 369 g/mol. The summed E-state index contributed by atoms with van der Waals surface area (Å²) in [6.45, 7) is 0. The van der Waals surface area contributed by atoms with Crippen molar-refractivity contribution in [3.8, 4) is 0 Å². The number of rotatable bonds is 8. The highest BCUT2D eigenvalue weighted by molar-refractivity contribution is 7.98. The number of carboxylic acids is 1. The highest BCUT2D eigenvalue weighted by atomic mass is 32.2. The molecule has 24 heavy (non-hydrogen) atoms. The minimum absolute atomic E-state index is 0.0741. The van der Waals surface area contributed by atoms with Gasteiger partial charge >= 0.3 is 5.97 Å². The molecule has 0 radical (unpaired) electrons. The van der Waals surface area contributed by atoms with Crippen LogP contribution >= 0.6 is 11.8 Å². The third kappa shape index (κ3) is 5.33. The van der Waals surface area contributed by atoms with Gasteiger partial charge in [-0.25, -0.2) is 12.8 Å². The smallest absolute Gasteiger partial charge is 0.322 e. The summed E-state index contributed by atoms with van der Waals surface area (Å²) >= 11 is 1.31. The standard InChI is InChI=1S/C16H16FNO4S2/c17-13-6-8-14(9-7-13)24(21,22)18-15(16(19)20)11-23-10-12-4-2-1-3-5-12/h1-9,15,18H,10-11H2,(H,19,20)/t15-/m1/s1. The Morgan fingerprint density at radius 3 is 2.33 bits per heavy atom. The van der Waals surface area contributed by atoms with Crippen molar-refractivity contribution in [3.63, 3.8) is 0 Å². The van der Waals surface area contributed by atoms with Gasteiger partial charge in [0.2, 0.25) is 10.0 Å². The van der Waals surface area contributed by atoms with E-state index in [1.165, 1.54) is 11.8 Å². The second kappa shape index (κ2) is 8.27. The number of halogens is 1. The van der Waals surface area contributed by atoms with Crippen LogP contribution in [0.2, 0.25) is 0 Å². The lowest BCUT2D eigenvalue weighted by Gasteiger charge is -2.14. The Labute approximate surface area is 144 Å². The fourth-order valence-corrected chi connectivity index (χ4v) is 4.20. The summed E-state index contributed by atoms with van der Waals surface area (Å²) in [4.78, 5) is 11.1. The van der Waals surface area contributed by atoms with E-state index in [0.29, 0.717) is 5.75 Å². The fraction of sp³-hybridized carbons (Fsp3) is 0.188. The first-order valence-corrected chi connectivity index (χ1v) is 9.64. The first kappa shape index (κ1) is 18.4. The van der Waals surface area contributed by atoms with Crippen LogP contribution in [0.3, 0.4) is 0 Å². The van der Waals surface area contributed by atoms with E-state index in [0.717, 1.165) is 29.8 Å². The Kier molecular flexibility index (Phi) is 6.36. The highest BCUT2D eigenvalue weighted by Gasteiger charge is 2.25. The van der Waals surface area contributed by atoms with E-state index in [1.807, 2.05) is 30.3 Å². The van der Waals surface area contributed by atoms with E-state index in [1.54, 1.807) is 0 Å². The van der Waals surface area contributed by atoms with Crippen molar-refractivity contribution in [2.24, 2.45) is 0 Å². The zero-order valence-corrected chi connectivity index (χ0v) is 14.2. The average Bonchev–Trinajstić information content (AvgIpc) is 2.55. The van der Waals surface area contributed by atoms with Gasteiger partial charge < -0.3 is 5.11 Å². The normalized spacial score (nSPS) is 12.7. The van der Waals surface area contributed by atoms with Crippen LogP contribution in [0, 0.1) is 5.82 Å². The molecule has 0 aliphatic carbocycles. The fourth-order valence-electron chi connectivity index (χ4n) is 1.89. The monoisotopic (exact) mass is 369 g/mol. The minimum atomic E-state index is -4.03. The first-order chi connectivity index (χ1) is 11.4. The van der Waals surface area contributed by atoms with Crippen molar-refractivity contribution < 1.29 is 22.7 Å². The van der Waals surface area contributed by atoms with Gasteiger partial charge in [-0.1, -0.05) is 30.3 Å². The molecular formula is C16H16FNO4S2. The molecule has 0 bridgehead atoms. The Morgan fingerprint density at radius 2 is 1.75 bits per heavy atom. The van der Waals surface area contributed by atoms with Gasteiger partial charge in [-0.2, -0.15) is 16.5 Å². The van der Waals surface area contributed by atoms with Crippen molar-refractivity contribution in [2.75, 3.05) is 5.75 Å². The second-order valence-corrected chi connectivity index (χ2v) is 7.71. The number of hydrogen-bond donors (Lipinski definition) is 2. The van der Waals surface area contributed by atoms with Gasteiger partial charge in [0.1, 0.15) is 11.9 Å². The number of sulfonamides is 1. The van der Waals surface area contributed by atoms with E-state index in [2.05, 4.69) is 4.72 Å². The number of carboxylic acid groups (broad SMARTS) is 1. The van der Waals surface area contributed by atoms with Crippen LogP contribution in [-0.4, -0.2) is 31.3 Å². The summed E-state index contributed by atoms with van der Waals surface area (Å²) in [6, 6.07) is 12.4. The predicted molar refractivity (Wildman–Crippen MR) is 90.7 cm³/mol. The number of benzene rings is 2. The van der Waals surface area contributed by atoms with Crippen LogP contribution in [-0.2, 0) is 20.6 Å². The molecule has 0 aromatic heterocycles. The molecule has 2 aromatic rings. The molecular weight excluding hydrogens is 353 g/mol. The van der Waals surface area contributed by atoms with Crippen molar-refractivity contribution in [1.29, 1.82) is 0 Å². The highest BCUT2D eigenvalue weighted by Crippen LogP contribution is 2.15. The molecule has 0 heterocycles. The van der Waals surface area contributed by atoms with Crippen LogP contribution in [0.25, 0.3) is 0 Å². The van der Waals surface area contributed by atoms with E-state index in [-0.39, 0.29) is 10.6 Å². The number of carbonyl (C=O) groups is 1. The molecule has 128 valence electrons. The number of nitrogens with one attached hydrogen (secondary N) is 1. The lowest BCUT2D eigenvalue weighted by atomic mass is 10.2. The van der Waals surface area contributed by atoms with Crippen molar-refractivity contribution in [2.45, 2.75) is 16.7 Å². The predicted octanol–water partition coefficient (Wildman–Crippen LogP) is 2.49. The Hall–Kier alpha value is -1.90. The van der Waals surface area contributed by atoms with Gasteiger partial charge in [-0.15, -0.1) is 0 Å². The summed E-state index contributed by atoms with van der Waals surface area (Å²) in [7, 11) is -4.03. The SMILES string of the molecule is O=C(O)[C@@H](CSCc1ccccc1)NS(=O)(=O)c1ccc(F)cc1. The summed E-state index contributed by atoms with van der Waals surface area (Å²) in [5.74, 6) is -1.18. The summed E-state index contributed by atoms with van der Waals surface area (Å²) in [5, 5.41) is 9.22. The number of thioether (sulfide) groups is 1. The van der Waals surface area contributed by atoms with E-state index >= 15 is 0 Å². The van der Waals surface area contributed by atoms with Gasteiger partial charge in [0, 0.05) is 11.5 Å². The van der Waals surface area contributed by atoms with Gasteiger partial charge in [0.05, 0.1) is 4.90 Å². The molecule has 0 aliphatic rings. The molecule has 0 unspecified atom stereocenters. The van der Waals surface area contributed by atoms with Crippen LogP contribution < -0.4 is 4.72 Å². The van der Waals surface area contributed by atoms with Crippen LogP contribution in [0.1, 0.15) is 5.56 Å². The molecule has 0 saturated carbocycles. The molecule has 0 aliphatic heterocycles. The maximum Gasteiger partial charge on any atom is 0.322 e. The van der Waals surface area contributed by atoms with E-state index < -0.39 is 27.9 Å². The molecule has 2 rings (SSSR count). The zero-order chi connectivity index (χ0) is 17.6. The number of aliphatic carboxylic acids is 1. The molecule has 0 fully saturated rings. The van der Waals surface area contributed by atoms with Crippen LogP contribution in [0.5, 0.6) is 0 Å². The maximum absolute atomic E-state index is 12.9. The van der Waals surface area contributed by atoms with E-state index in [4.69, 9.17) is 0 Å². The van der Waals surface area contributed by atoms with Crippen LogP contribution in [0.15, 0.2) is 59.5 Å². The summed E-state index contributed by atoms with van der Waals surface area (Å²) in [6.07, 6.45) is 0. The maximum atomic E-state index is 12.9. The third-order valence-electron chi connectivity index (χ3n) is 3.12. The summed E-state index contributed by atoms with van der Waals surface area (Å²) in [5.41, 5.74) is 1.02. The van der Waals surface area contributed by atoms with Crippen LogP contribution in [0.4, 0.5) is 4.39 Å².